The van der Waals surface area contributed by atoms with E-state index in [1.54, 1.807) is 11.3 Å². The Bertz CT molecular complexity index is 392. The fourth-order valence-electron chi connectivity index (χ4n) is 2.47. The number of nitrogens with zero attached hydrogens (tertiary/aromatic N) is 1. The Balaban J connectivity index is 1.76. The molecule has 94 valence electrons. The summed E-state index contributed by atoms with van der Waals surface area (Å²) in [6.07, 6.45) is 4.80. The van der Waals surface area contributed by atoms with E-state index in [9.17, 15) is 4.79 Å². The number of aryl methyl sites for hydroxylation is 1. The minimum absolute atomic E-state index is 0.148. The first-order valence-electron chi connectivity index (χ1n) is 6.01. The first kappa shape index (κ1) is 12.5. The first-order chi connectivity index (χ1) is 8.16. The fourth-order valence-corrected chi connectivity index (χ4v) is 3.24. The van der Waals surface area contributed by atoms with Crippen LogP contribution in [-0.4, -0.2) is 22.6 Å². The number of aliphatic carboxylic acids is 1. The minimum atomic E-state index is -0.636. The molecule has 0 spiro atoms. The average molecular weight is 254 g/mol. The summed E-state index contributed by atoms with van der Waals surface area (Å²) >= 11 is 1.69. The Hall–Kier alpha value is -0.940. The van der Waals surface area contributed by atoms with E-state index in [1.165, 1.54) is 4.88 Å². The molecule has 2 atom stereocenters. The van der Waals surface area contributed by atoms with Crippen molar-refractivity contribution in [2.75, 3.05) is 6.54 Å². The molecule has 0 saturated heterocycles. The van der Waals surface area contributed by atoms with Crippen LogP contribution in [0.15, 0.2) is 6.20 Å². The summed E-state index contributed by atoms with van der Waals surface area (Å²) in [7, 11) is 0. The molecule has 2 rings (SSSR count). The molecule has 2 N–H and O–H groups in total. The predicted molar refractivity (Wildman–Crippen MR) is 67.0 cm³/mol. The van der Waals surface area contributed by atoms with Crippen molar-refractivity contribution < 1.29 is 9.90 Å². The molecule has 0 amide bonds. The third-order valence-electron chi connectivity index (χ3n) is 3.35. The quantitative estimate of drug-likeness (QED) is 0.844. The van der Waals surface area contributed by atoms with Crippen LogP contribution >= 0.6 is 11.3 Å². The van der Waals surface area contributed by atoms with Crippen LogP contribution in [0.1, 0.15) is 29.1 Å². The smallest absolute Gasteiger partial charge is 0.306 e. The molecule has 17 heavy (non-hydrogen) atoms. The van der Waals surface area contributed by atoms with E-state index in [2.05, 4.69) is 10.3 Å². The normalized spacial score (nSPS) is 24.1. The average Bonchev–Trinajstić information content (AvgIpc) is 2.87. The van der Waals surface area contributed by atoms with Gasteiger partial charge in [-0.05, 0) is 32.2 Å². The van der Waals surface area contributed by atoms with Crippen LogP contribution in [0, 0.1) is 18.8 Å². The molecule has 2 unspecified atom stereocenters. The van der Waals surface area contributed by atoms with Crippen molar-refractivity contribution in [3.8, 4) is 0 Å². The molecular formula is C12H18N2O2S. The number of thiazole rings is 1. The highest BCUT2D eigenvalue weighted by molar-refractivity contribution is 7.11. The highest BCUT2D eigenvalue weighted by Gasteiger charge is 2.32. The van der Waals surface area contributed by atoms with E-state index in [-0.39, 0.29) is 5.92 Å². The number of aromatic nitrogens is 1. The lowest BCUT2D eigenvalue weighted by Gasteiger charge is -2.15. The Kier molecular flexibility index (Phi) is 4.12. The molecule has 0 radical (unpaired) electrons. The number of carboxylic acid groups (broad SMARTS) is 1. The number of rotatable bonds is 5. The lowest BCUT2D eigenvalue weighted by Crippen LogP contribution is -2.28. The highest BCUT2D eigenvalue weighted by Crippen LogP contribution is 2.31. The van der Waals surface area contributed by atoms with Crippen LogP contribution in [0.2, 0.25) is 0 Å². The number of hydrogen-bond acceptors (Lipinski definition) is 4. The molecule has 1 aliphatic carbocycles. The lowest BCUT2D eigenvalue weighted by molar-refractivity contribution is -0.142. The van der Waals surface area contributed by atoms with Gasteiger partial charge in [0.15, 0.2) is 0 Å². The summed E-state index contributed by atoms with van der Waals surface area (Å²) in [6.45, 7) is 3.59. The predicted octanol–water partition coefficient (Wildman–Crippen LogP) is 2.04. The summed E-state index contributed by atoms with van der Waals surface area (Å²) in [4.78, 5) is 16.4. The van der Waals surface area contributed by atoms with Gasteiger partial charge in [-0.2, -0.15) is 0 Å². The number of carbonyl (C=O) groups is 1. The summed E-state index contributed by atoms with van der Waals surface area (Å²) in [5.74, 6) is -0.491. The number of nitrogens with one attached hydrogen (secondary N) is 1. The molecule has 1 aromatic heterocycles. The van der Waals surface area contributed by atoms with Gasteiger partial charge in [-0.25, -0.2) is 4.98 Å². The van der Waals surface area contributed by atoms with Gasteiger partial charge in [-0.1, -0.05) is 6.42 Å². The molecule has 4 nitrogen and oxygen atoms in total. The molecule has 0 aromatic carbocycles. The summed E-state index contributed by atoms with van der Waals surface area (Å²) in [5.41, 5.74) is 0. The van der Waals surface area contributed by atoms with Gasteiger partial charge in [0.2, 0.25) is 0 Å². The third-order valence-corrected chi connectivity index (χ3v) is 4.26. The Morgan fingerprint density at radius 1 is 1.65 bits per heavy atom. The van der Waals surface area contributed by atoms with Gasteiger partial charge in [-0.3, -0.25) is 4.79 Å². The summed E-state index contributed by atoms with van der Waals surface area (Å²) in [5, 5.41) is 13.5. The third kappa shape index (κ3) is 3.26. The van der Waals surface area contributed by atoms with Gasteiger partial charge in [0.25, 0.3) is 0 Å². The maximum atomic E-state index is 11.0. The second-order valence-corrected chi connectivity index (χ2v) is 5.93. The van der Waals surface area contributed by atoms with E-state index in [4.69, 9.17) is 5.11 Å². The van der Waals surface area contributed by atoms with E-state index in [1.807, 2.05) is 13.1 Å². The maximum absolute atomic E-state index is 11.0. The minimum Gasteiger partial charge on any atom is -0.481 e. The van der Waals surface area contributed by atoms with Gasteiger partial charge in [-0.15, -0.1) is 11.3 Å². The zero-order valence-electron chi connectivity index (χ0n) is 9.98. The molecule has 1 fully saturated rings. The first-order valence-corrected chi connectivity index (χ1v) is 6.83. The Morgan fingerprint density at radius 3 is 3.12 bits per heavy atom. The van der Waals surface area contributed by atoms with Crippen LogP contribution in [-0.2, 0) is 11.3 Å². The van der Waals surface area contributed by atoms with Crippen molar-refractivity contribution in [3.63, 3.8) is 0 Å². The van der Waals surface area contributed by atoms with Crippen molar-refractivity contribution in [1.82, 2.24) is 10.3 Å². The molecule has 0 aliphatic heterocycles. The van der Waals surface area contributed by atoms with Gasteiger partial charge in [0.1, 0.15) is 0 Å². The second kappa shape index (κ2) is 5.60. The standard InChI is InChI=1S/C12H18N2O2S/c1-8-14-7-10(17-8)6-13-5-9-3-2-4-11(9)12(15)16/h7,9,11,13H,2-6H2,1H3,(H,15,16). The lowest BCUT2D eigenvalue weighted by atomic mass is 9.96. The van der Waals surface area contributed by atoms with Crippen LogP contribution in [0.5, 0.6) is 0 Å². The topological polar surface area (TPSA) is 62.2 Å². The van der Waals surface area contributed by atoms with Crippen molar-refractivity contribution in [1.29, 1.82) is 0 Å². The molecule has 1 saturated carbocycles. The summed E-state index contributed by atoms with van der Waals surface area (Å²) in [6, 6.07) is 0. The van der Waals surface area contributed by atoms with E-state index >= 15 is 0 Å². The largest absolute Gasteiger partial charge is 0.481 e. The van der Waals surface area contributed by atoms with Crippen molar-refractivity contribution in [2.45, 2.75) is 32.7 Å². The fraction of sp³-hybridized carbons (Fsp3) is 0.667. The van der Waals surface area contributed by atoms with Crippen molar-refractivity contribution in [3.05, 3.63) is 16.1 Å². The molecule has 5 heteroatoms. The van der Waals surface area contributed by atoms with Gasteiger partial charge in [0, 0.05) is 17.6 Å². The molecule has 1 heterocycles. The SMILES string of the molecule is Cc1ncc(CNCC2CCCC2C(=O)O)s1. The van der Waals surface area contributed by atoms with Gasteiger partial charge in [0.05, 0.1) is 10.9 Å². The van der Waals surface area contributed by atoms with Gasteiger partial charge < -0.3 is 10.4 Å². The zero-order chi connectivity index (χ0) is 12.3. The van der Waals surface area contributed by atoms with Crippen molar-refractivity contribution in [2.24, 2.45) is 11.8 Å². The molecular weight excluding hydrogens is 236 g/mol. The van der Waals surface area contributed by atoms with E-state index in [0.29, 0.717) is 5.92 Å². The van der Waals surface area contributed by atoms with E-state index < -0.39 is 5.97 Å². The number of hydrogen-bond donors (Lipinski definition) is 2. The second-order valence-electron chi connectivity index (χ2n) is 4.61. The summed E-state index contributed by atoms with van der Waals surface area (Å²) < 4.78 is 0. The highest BCUT2D eigenvalue weighted by atomic mass is 32.1. The zero-order valence-corrected chi connectivity index (χ0v) is 10.8. The number of carboxylic acids is 1. The van der Waals surface area contributed by atoms with Crippen LogP contribution in [0.4, 0.5) is 0 Å². The maximum Gasteiger partial charge on any atom is 0.306 e. The molecule has 0 bridgehead atoms. The van der Waals surface area contributed by atoms with E-state index in [0.717, 1.165) is 37.4 Å². The molecule has 1 aromatic rings. The monoisotopic (exact) mass is 254 g/mol. The van der Waals surface area contributed by atoms with Crippen LogP contribution in [0.25, 0.3) is 0 Å². The van der Waals surface area contributed by atoms with Crippen LogP contribution in [0.3, 0.4) is 0 Å². The Morgan fingerprint density at radius 2 is 2.47 bits per heavy atom. The van der Waals surface area contributed by atoms with Crippen LogP contribution < -0.4 is 5.32 Å². The molecule has 1 aliphatic rings. The van der Waals surface area contributed by atoms with Gasteiger partial charge >= 0.3 is 5.97 Å². The van der Waals surface area contributed by atoms with Crippen molar-refractivity contribution >= 4 is 17.3 Å². The Labute approximate surface area is 105 Å².